The van der Waals surface area contributed by atoms with E-state index in [1.165, 1.54) is 37.8 Å². The van der Waals surface area contributed by atoms with E-state index < -0.39 is 8.07 Å². The Bertz CT molecular complexity index is 239. The van der Waals surface area contributed by atoms with E-state index in [9.17, 15) is 0 Å². The van der Waals surface area contributed by atoms with Gasteiger partial charge in [0.1, 0.15) is 0 Å². The van der Waals surface area contributed by atoms with E-state index in [4.69, 9.17) is 0 Å². The Balaban J connectivity index is 4.67. The highest BCUT2D eigenvalue weighted by atomic mass is 28.3. The van der Waals surface area contributed by atoms with E-state index in [1.807, 2.05) is 13.8 Å². The van der Waals surface area contributed by atoms with Gasteiger partial charge in [-0.1, -0.05) is 39.5 Å². The monoisotopic (exact) mass is 220 g/mol. The molecule has 0 aromatic rings. The van der Waals surface area contributed by atoms with Gasteiger partial charge in [-0.05, 0) is 25.9 Å². The minimum atomic E-state index is -1.56. The SMILES string of the molecule is CC#C[Si](C#CC)(CCCC)CCCC. The second-order valence-corrected chi connectivity index (χ2v) is 7.70. The third kappa shape index (κ3) is 5.70. The Kier molecular flexibility index (Phi) is 8.25. The van der Waals surface area contributed by atoms with Crippen molar-refractivity contribution in [3.8, 4) is 22.9 Å². The molecule has 0 spiro atoms. The Morgan fingerprint density at radius 3 is 1.47 bits per heavy atom. The third-order valence-electron chi connectivity index (χ3n) is 2.64. The third-order valence-corrected chi connectivity index (χ3v) is 6.51. The van der Waals surface area contributed by atoms with Crippen molar-refractivity contribution in [1.29, 1.82) is 0 Å². The zero-order valence-corrected chi connectivity index (χ0v) is 11.7. The molecule has 0 saturated heterocycles. The smallest absolute Gasteiger partial charge is 0.116 e. The van der Waals surface area contributed by atoms with E-state index in [0.29, 0.717) is 0 Å². The quantitative estimate of drug-likeness (QED) is 0.466. The van der Waals surface area contributed by atoms with Gasteiger partial charge in [-0.15, -0.1) is 22.9 Å². The fraction of sp³-hybridized carbons (Fsp3) is 0.714. The van der Waals surface area contributed by atoms with Crippen LogP contribution in [-0.2, 0) is 0 Å². The van der Waals surface area contributed by atoms with E-state index in [2.05, 4.69) is 36.8 Å². The van der Waals surface area contributed by atoms with Gasteiger partial charge < -0.3 is 0 Å². The molecule has 0 aliphatic rings. The Morgan fingerprint density at radius 1 is 0.800 bits per heavy atom. The van der Waals surface area contributed by atoms with Gasteiger partial charge in [-0.2, -0.15) is 0 Å². The Hall–Kier alpha value is -0.663. The molecular weight excluding hydrogens is 196 g/mol. The lowest BCUT2D eigenvalue weighted by atomic mass is 10.4. The van der Waals surface area contributed by atoms with Crippen molar-refractivity contribution in [2.24, 2.45) is 0 Å². The molecule has 0 aliphatic heterocycles. The average molecular weight is 220 g/mol. The molecule has 0 N–H and O–H groups in total. The highest BCUT2D eigenvalue weighted by molar-refractivity contribution is 6.94. The van der Waals surface area contributed by atoms with Crippen molar-refractivity contribution in [3.05, 3.63) is 0 Å². The van der Waals surface area contributed by atoms with E-state index >= 15 is 0 Å². The van der Waals surface area contributed by atoms with Crippen molar-refractivity contribution in [2.45, 2.75) is 65.5 Å². The maximum absolute atomic E-state index is 3.48. The predicted octanol–water partition coefficient (Wildman–Crippen LogP) is 4.16. The van der Waals surface area contributed by atoms with Gasteiger partial charge in [0.05, 0.1) is 0 Å². The number of unbranched alkanes of at least 4 members (excludes halogenated alkanes) is 2. The molecule has 0 aromatic carbocycles. The second-order valence-electron chi connectivity index (χ2n) is 4.04. The van der Waals surface area contributed by atoms with Crippen LogP contribution < -0.4 is 0 Å². The molecule has 0 atom stereocenters. The van der Waals surface area contributed by atoms with E-state index in [-0.39, 0.29) is 0 Å². The fourth-order valence-corrected chi connectivity index (χ4v) is 5.53. The zero-order valence-electron chi connectivity index (χ0n) is 10.7. The van der Waals surface area contributed by atoms with Crippen molar-refractivity contribution in [2.75, 3.05) is 0 Å². The first-order valence-electron chi connectivity index (χ1n) is 6.12. The fourth-order valence-electron chi connectivity index (χ4n) is 1.84. The van der Waals surface area contributed by atoms with Gasteiger partial charge in [0.2, 0.25) is 8.07 Å². The summed E-state index contributed by atoms with van der Waals surface area (Å²) in [5.41, 5.74) is 6.96. The van der Waals surface area contributed by atoms with Crippen LogP contribution in [0.4, 0.5) is 0 Å². The maximum Gasteiger partial charge on any atom is 0.216 e. The van der Waals surface area contributed by atoms with Crippen LogP contribution in [0, 0.1) is 22.9 Å². The standard InChI is InChI=1S/C14H24Si/c1-5-9-13-15(11-7-3,12-8-4)14-10-6-2/h5-6,9-10,13-14H2,1-4H3. The summed E-state index contributed by atoms with van der Waals surface area (Å²) in [4.78, 5) is 0. The molecule has 1 heteroatoms. The summed E-state index contributed by atoms with van der Waals surface area (Å²) in [6.07, 6.45) is 5.11. The summed E-state index contributed by atoms with van der Waals surface area (Å²) in [6, 6.07) is 2.54. The van der Waals surface area contributed by atoms with Gasteiger partial charge in [0, 0.05) is 0 Å². The molecule has 0 heterocycles. The molecule has 0 nitrogen and oxygen atoms in total. The molecule has 0 amide bonds. The van der Waals surface area contributed by atoms with Crippen molar-refractivity contribution in [1.82, 2.24) is 0 Å². The van der Waals surface area contributed by atoms with Crippen molar-refractivity contribution < 1.29 is 0 Å². The van der Waals surface area contributed by atoms with Gasteiger partial charge in [0.25, 0.3) is 0 Å². The Morgan fingerprint density at radius 2 is 1.20 bits per heavy atom. The van der Waals surface area contributed by atoms with Crippen LogP contribution in [-0.4, -0.2) is 8.07 Å². The van der Waals surface area contributed by atoms with Gasteiger partial charge in [0.15, 0.2) is 0 Å². The first-order valence-corrected chi connectivity index (χ1v) is 8.54. The molecule has 0 unspecified atom stereocenters. The molecule has 0 fully saturated rings. The highest BCUT2D eigenvalue weighted by Gasteiger charge is 2.27. The van der Waals surface area contributed by atoms with Crippen LogP contribution in [0.5, 0.6) is 0 Å². The van der Waals surface area contributed by atoms with Crippen LogP contribution in [0.1, 0.15) is 53.4 Å². The minimum Gasteiger partial charge on any atom is -0.116 e. The Labute approximate surface area is 96.9 Å². The lowest BCUT2D eigenvalue weighted by Crippen LogP contribution is -2.31. The number of hydrogen-bond acceptors (Lipinski definition) is 0. The van der Waals surface area contributed by atoms with Crippen LogP contribution in [0.3, 0.4) is 0 Å². The second kappa shape index (κ2) is 8.63. The van der Waals surface area contributed by atoms with Gasteiger partial charge in [-0.3, -0.25) is 0 Å². The first kappa shape index (κ1) is 14.3. The predicted molar refractivity (Wildman–Crippen MR) is 72.1 cm³/mol. The molecular formula is C14H24Si. The van der Waals surface area contributed by atoms with Crippen LogP contribution in [0.25, 0.3) is 0 Å². The molecule has 0 radical (unpaired) electrons. The highest BCUT2D eigenvalue weighted by Crippen LogP contribution is 2.20. The summed E-state index contributed by atoms with van der Waals surface area (Å²) in [5, 5.41) is 0. The summed E-state index contributed by atoms with van der Waals surface area (Å²) in [7, 11) is -1.56. The number of rotatable bonds is 6. The lowest BCUT2D eigenvalue weighted by molar-refractivity contribution is 0.839. The molecule has 0 rings (SSSR count). The van der Waals surface area contributed by atoms with Crippen LogP contribution in [0.15, 0.2) is 0 Å². The van der Waals surface area contributed by atoms with Crippen LogP contribution >= 0.6 is 0 Å². The average Bonchev–Trinajstić information content (AvgIpc) is 2.24. The summed E-state index contributed by atoms with van der Waals surface area (Å²) in [6.45, 7) is 8.41. The minimum absolute atomic E-state index is 1.26. The van der Waals surface area contributed by atoms with E-state index in [0.717, 1.165) is 0 Å². The zero-order chi connectivity index (χ0) is 11.6. The molecule has 84 valence electrons. The first-order chi connectivity index (χ1) is 7.24. The number of hydrogen-bond donors (Lipinski definition) is 0. The molecule has 0 saturated carbocycles. The summed E-state index contributed by atoms with van der Waals surface area (Å²) in [5.74, 6) is 6.24. The maximum atomic E-state index is 3.48. The van der Waals surface area contributed by atoms with Gasteiger partial charge in [-0.25, -0.2) is 0 Å². The summed E-state index contributed by atoms with van der Waals surface area (Å²) >= 11 is 0. The lowest BCUT2D eigenvalue weighted by Gasteiger charge is -2.19. The normalized spacial score (nSPS) is 9.87. The van der Waals surface area contributed by atoms with Crippen LogP contribution in [0.2, 0.25) is 12.1 Å². The molecule has 0 aliphatic carbocycles. The van der Waals surface area contributed by atoms with Gasteiger partial charge >= 0.3 is 0 Å². The molecule has 0 aromatic heterocycles. The topological polar surface area (TPSA) is 0 Å². The van der Waals surface area contributed by atoms with Crippen molar-refractivity contribution in [3.63, 3.8) is 0 Å². The van der Waals surface area contributed by atoms with Crippen molar-refractivity contribution >= 4 is 8.07 Å². The summed E-state index contributed by atoms with van der Waals surface area (Å²) < 4.78 is 0. The molecule has 0 bridgehead atoms. The largest absolute Gasteiger partial charge is 0.216 e. The molecule has 15 heavy (non-hydrogen) atoms. The van der Waals surface area contributed by atoms with E-state index in [1.54, 1.807) is 0 Å².